The van der Waals surface area contributed by atoms with Gasteiger partial charge in [-0.05, 0) is 77.4 Å². The summed E-state index contributed by atoms with van der Waals surface area (Å²) in [5.41, 5.74) is 1.43. The number of ether oxygens (including phenoxy) is 3. The van der Waals surface area contributed by atoms with Crippen molar-refractivity contribution in [1.82, 2.24) is 10.6 Å². The number of hydrogen-bond acceptors (Lipinski definition) is 5. The van der Waals surface area contributed by atoms with Crippen LogP contribution in [0.5, 0.6) is 17.2 Å². The predicted octanol–water partition coefficient (Wildman–Crippen LogP) is 4.45. The van der Waals surface area contributed by atoms with Gasteiger partial charge in [-0.1, -0.05) is 13.0 Å². The van der Waals surface area contributed by atoms with Gasteiger partial charge in [-0.3, -0.25) is 10.1 Å². The molecule has 1 amide bonds. The first kappa shape index (κ1) is 23.0. The Bertz CT molecular complexity index is 861. The van der Waals surface area contributed by atoms with Crippen molar-refractivity contribution in [2.75, 3.05) is 20.3 Å². The van der Waals surface area contributed by atoms with Gasteiger partial charge in [0, 0.05) is 12.1 Å². The Morgan fingerprint density at radius 3 is 2.48 bits per heavy atom. The summed E-state index contributed by atoms with van der Waals surface area (Å²) < 4.78 is 17.2. The normalized spacial score (nSPS) is 10.2. The van der Waals surface area contributed by atoms with Crippen LogP contribution in [0.15, 0.2) is 40.9 Å². The van der Waals surface area contributed by atoms with E-state index in [4.69, 9.17) is 26.4 Å². The molecule has 2 N–H and O–H groups in total. The zero-order valence-electron chi connectivity index (χ0n) is 16.7. The number of thiocarbonyl (C=S) groups is 1. The number of benzene rings is 2. The number of rotatable bonds is 9. The molecule has 0 radical (unpaired) electrons. The van der Waals surface area contributed by atoms with E-state index < -0.39 is 0 Å². The number of carbonyl (C=O) groups excluding carboxylic acids is 1. The van der Waals surface area contributed by atoms with E-state index >= 15 is 0 Å². The predicted molar refractivity (Wildman–Crippen MR) is 121 cm³/mol. The van der Waals surface area contributed by atoms with Gasteiger partial charge in [0.05, 0.1) is 24.8 Å². The third kappa shape index (κ3) is 6.90. The second kappa shape index (κ2) is 11.6. The lowest BCUT2D eigenvalue weighted by atomic mass is 10.2. The smallest absolute Gasteiger partial charge is 0.257 e. The maximum absolute atomic E-state index is 12.4. The highest BCUT2D eigenvalue weighted by Gasteiger charge is 2.11. The van der Waals surface area contributed by atoms with Crippen LogP contribution in [0.1, 0.15) is 36.2 Å². The van der Waals surface area contributed by atoms with E-state index in [1.165, 1.54) is 0 Å². The van der Waals surface area contributed by atoms with E-state index in [1.807, 2.05) is 32.0 Å². The average Bonchev–Trinajstić information content (AvgIpc) is 2.72. The topological polar surface area (TPSA) is 68.8 Å². The maximum atomic E-state index is 12.4. The van der Waals surface area contributed by atoms with Gasteiger partial charge in [-0.25, -0.2) is 0 Å². The van der Waals surface area contributed by atoms with Crippen LogP contribution >= 0.6 is 28.1 Å². The molecule has 6 nitrogen and oxygen atoms in total. The highest BCUT2D eigenvalue weighted by molar-refractivity contribution is 9.10. The molecule has 0 unspecified atom stereocenters. The highest BCUT2D eigenvalue weighted by Crippen LogP contribution is 2.28. The Labute approximate surface area is 185 Å². The SMILES string of the molecule is CCCOc1ccc(CNC(=S)NC(=O)c2ccc(OCC)c(Br)c2)cc1OC. The van der Waals surface area contributed by atoms with Gasteiger partial charge in [0.25, 0.3) is 5.91 Å². The van der Waals surface area contributed by atoms with Crippen molar-refractivity contribution in [1.29, 1.82) is 0 Å². The van der Waals surface area contributed by atoms with Crippen LogP contribution < -0.4 is 24.8 Å². The summed E-state index contributed by atoms with van der Waals surface area (Å²) in [6.45, 7) is 5.57. The third-order valence-electron chi connectivity index (χ3n) is 3.86. The summed E-state index contributed by atoms with van der Waals surface area (Å²) >= 11 is 8.64. The number of carbonyl (C=O) groups is 1. The second-order valence-electron chi connectivity index (χ2n) is 6.05. The van der Waals surface area contributed by atoms with Gasteiger partial charge < -0.3 is 19.5 Å². The molecule has 156 valence electrons. The summed E-state index contributed by atoms with van der Waals surface area (Å²) in [4.78, 5) is 12.4. The van der Waals surface area contributed by atoms with Crippen LogP contribution in [-0.4, -0.2) is 31.3 Å². The van der Waals surface area contributed by atoms with E-state index in [-0.39, 0.29) is 11.0 Å². The van der Waals surface area contributed by atoms with Crippen LogP contribution in [0.3, 0.4) is 0 Å². The maximum Gasteiger partial charge on any atom is 0.257 e. The summed E-state index contributed by atoms with van der Waals surface area (Å²) in [6.07, 6.45) is 0.922. The number of halogens is 1. The van der Waals surface area contributed by atoms with E-state index in [1.54, 1.807) is 25.3 Å². The fourth-order valence-corrected chi connectivity index (χ4v) is 3.13. The van der Waals surface area contributed by atoms with Crippen molar-refractivity contribution in [3.05, 3.63) is 52.0 Å². The fraction of sp³-hybridized carbons (Fsp3) is 0.333. The summed E-state index contributed by atoms with van der Waals surface area (Å²) in [5, 5.41) is 5.94. The molecule has 0 atom stereocenters. The zero-order valence-corrected chi connectivity index (χ0v) is 19.1. The Morgan fingerprint density at radius 1 is 1.07 bits per heavy atom. The Hall–Kier alpha value is -2.32. The number of nitrogens with one attached hydrogen (secondary N) is 2. The molecule has 2 aromatic rings. The largest absolute Gasteiger partial charge is 0.493 e. The average molecular weight is 481 g/mol. The van der Waals surface area contributed by atoms with Gasteiger partial charge in [-0.15, -0.1) is 0 Å². The van der Waals surface area contributed by atoms with E-state index in [2.05, 4.69) is 26.6 Å². The first-order valence-corrected chi connectivity index (χ1v) is 10.5. The van der Waals surface area contributed by atoms with Crippen molar-refractivity contribution >= 4 is 39.2 Å². The van der Waals surface area contributed by atoms with Crippen molar-refractivity contribution < 1.29 is 19.0 Å². The van der Waals surface area contributed by atoms with Crippen LogP contribution in [-0.2, 0) is 6.54 Å². The van der Waals surface area contributed by atoms with Gasteiger partial charge in [0.15, 0.2) is 16.6 Å². The minimum absolute atomic E-state index is 0.241. The minimum Gasteiger partial charge on any atom is -0.493 e. The first-order valence-electron chi connectivity index (χ1n) is 9.29. The van der Waals surface area contributed by atoms with Gasteiger partial charge in [-0.2, -0.15) is 0 Å². The van der Waals surface area contributed by atoms with Crippen molar-refractivity contribution in [2.24, 2.45) is 0 Å². The number of amides is 1. The molecule has 0 saturated carbocycles. The molecular formula is C21H25BrN2O4S. The third-order valence-corrected chi connectivity index (χ3v) is 4.73. The lowest BCUT2D eigenvalue weighted by Crippen LogP contribution is -2.38. The van der Waals surface area contributed by atoms with Gasteiger partial charge >= 0.3 is 0 Å². The monoisotopic (exact) mass is 480 g/mol. The molecule has 0 spiro atoms. The zero-order chi connectivity index (χ0) is 21.2. The lowest BCUT2D eigenvalue weighted by Gasteiger charge is -2.13. The molecule has 8 heteroatoms. The molecule has 29 heavy (non-hydrogen) atoms. The second-order valence-corrected chi connectivity index (χ2v) is 7.31. The Kier molecular flexibility index (Phi) is 9.21. The molecule has 0 heterocycles. The molecule has 0 aliphatic rings. The number of methoxy groups -OCH3 is 1. The minimum atomic E-state index is -0.299. The van der Waals surface area contributed by atoms with Crippen molar-refractivity contribution in [2.45, 2.75) is 26.8 Å². The van der Waals surface area contributed by atoms with E-state index in [0.29, 0.717) is 47.0 Å². The molecule has 0 aliphatic heterocycles. The summed E-state index contributed by atoms with van der Waals surface area (Å²) in [6, 6.07) is 10.8. The molecule has 0 aliphatic carbocycles. The van der Waals surface area contributed by atoms with Gasteiger partial charge in [0.2, 0.25) is 0 Å². The molecular weight excluding hydrogens is 456 g/mol. The first-order chi connectivity index (χ1) is 14.0. The quantitative estimate of drug-likeness (QED) is 0.516. The molecule has 2 aromatic carbocycles. The summed E-state index contributed by atoms with van der Waals surface area (Å²) in [5.74, 6) is 1.75. The summed E-state index contributed by atoms with van der Waals surface area (Å²) in [7, 11) is 1.60. The molecule has 2 rings (SSSR count). The Morgan fingerprint density at radius 2 is 1.83 bits per heavy atom. The highest BCUT2D eigenvalue weighted by atomic mass is 79.9. The fourth-order valence-electron chi connectivity index (χ4n) is 2.47. The molecule has 0 fully saturated rings. The van der Waals surface area contributed by atoms with Crippen molar-refractivity contribution in [3.8, 4) is 17.2 Å². The van der Waals surface area contributed by atoms with Crippen LogP contribution in [0.4, 0.5) is 0 Å². The molecule has 0 aromatic heterocycles. The van der Waals surface area contributed by atoms with Gasteiger partial charge in [0.1, 0.15) is 5.75 Å². The van der Waals surface area contributed by atoms with Crippen LogP contribution in [0.2, 0.25) is 0 Å². The van der Waals surface area contributed by atoms with Crippen molar-refractivity contribution in [3.63, 3.8) is 0 Å². The van der Waals surface area contributed by atoms with E-state index in [0.717, 1.165) is 12.0 Å². The lowest BCUT2D eigenvalue weighted by molar-refractivity contribution is 0.0976. The number of hydrogen-bond donors (Lipinski definition) is 2. The standard InChI is InChI=1S/C21H25BrN2O4S/c1-4-10-28-18-8-6-14(11-19(18)26-3)13-23-21(29)24-20(25)15-7-9-17(27-5-2)16(22)12-15/h6-9,11-12H,4-5,10,13H2,1-3H3,(H2,23,24,25,29). The van der Waals surface area contributed by atoms with E-state index in [9.17, 15) is 4.79 Å². The molecule has 0 saturated heterocycles. The van der Waals surface area contributed by atoms with Crippen LogP contribution in [0.25, 0.3) is 0 Å². The molecule has 0 bridgehead atoms. The van der Waals surface area contributed by atoms with Crippen LogP contribution in [0, 0.1) is 0 Å². The Balaban J connectivity index is 1.92.